The molecule has 7 heteroatoms. The van der Waals surface area contributed by atoms with E-state index in [0.29, 0.717) is 18.5 Å². The fourth-order valence-electron chi connectivity index (χ4n) is 7.31. The van der Waals surface area contributed by atoms with Crippen LogP contribution >= 0.6 is 0 Å². The molecule has 3 aliphatic rings. The predicted molar refractivity (Wildman–Crippen MR) is 169 cm³/mol. The van der Waals surface area contributed by atoms with Gasteiger partial charge >= 0.3 is 0 Å². The molecule has 2 aliphatic carbocycles. The van der Waals surface area contributed by atoms with Gasteiger partial charge in [0.2, 0.25) is 0 Å². The van der Waals surface area contributed by atoms with Gasteiger partial charge in [0.1, 0.15) is 11.4 Å². The molecule has 7 nitrogen and oxygen atoms in total. The van der Waals surface area contributed by atoms with Gasteiger partial charge in [0.15, 0.2) is 0 Å². The van der Waals surface area contributed by atoms with Crippen molar-refractivity contribution in [3.05, 3.63) is 99.5 Å². The fraction of sp³-hybridized carbons (Fsp3) is 0.500. The molecular weight excluding hydrogens is 538 g/mol. The fourth-order valence-corrected chi connectivity index (χ4v) is 7.31. The minimum absolute atomic E-state index is 0.0750. The molecule has 3 aromatic rings. The zero-order chi connectivity index (χ0) is 30.0. The first-order chi connectivity index (χ1) is 20.8. The zero-order valence-corrected chi connectivity index (χ0v) is 25.5. The predicted octanol–water partition coefficient (Wildman–Crippen LogP) is 5.44. The Hall–Kier alpha value is -3.42. The smallest absolute Gasteiger partial charge is 0.253 e. The molecule has 228 valence electrons. The van der Waals surface area contributed by atoms with Crippen molar-refractivity contribution in [2.45, 2.75) is 107 Å². The average Bonchev–Trinajstić information content (AvgIpc) is 3.54. The number of aliphatic hydroxyl groups is 1. The third kappa shape index (κ3) is 6.29. The van der Waals surface area contributed by atoms with Crippen LogP contribution in [0.5, 0.6) is 5.75 Å². The molecule has 0 radical (unpaired) electrons. The zero-order valence-electron chi connectivity index (χ0n) is 25.5. The summed E-state index contributed by atoms with van der Waals surface area (Å²) < 4.78 is 8.27. The normalized spacial score (nSPS) is 22.3. The Bertz CT molecular complexity index is 1490. The minimum Gasteiger partial charge on any atom is -0.487 e. The van der Waals surface area contributed by atoms with E-state index < -0.39 is 12.1 Å². The van der Waals surface area contributed by atoms with E-state index in [9.17, 15) is 14.7 Å². The number of carbonyl (C=O) groups is 1. The Kier molecular flexibility index (Phi) is 8.47. The molecule has 0 saturated heterocycles. The number of aromatic nitrogens is 1. The third-order valence-corrected chi connectivity index (χ3v) is 10.0. The summed E-state index contributed by atoms with van der Waals surface area (Å²) in [7, 11) is 0. The summed E-state index contributed by atoms with van der Waals surface area (Å²) in [4.78, 5) is 26.2. The average molecular weight is 584 g/mol. The molecule has 2 heterocycles. The number of benzene rings is 2. The van der Waals surface area contributed by atoms with E-state index in [1.165, 1.54) is 18.1 Å². The van der Waals surface area contributed by atoms with E-state index in [4.69, 9.17) is 4.74 Å². The Morgan fingerprint density at radius 3 is 2.51 bits per heavy atom. The Morgan fingerprint density at radius 2 is 1.81 bits per heavy atom. The second kappa shape index (κ2) is 12.3. The van der Waals surface area contributed by atoms with Gasteiger partial charge in [0.25, 0.3) is 11.5 Å². The maximum Gasteiger partial charge on any atom is 0.253 e. The van der Waals surface area contributed by atoms with E-state index in [1.54, 1.807) is 16.8 Å². The molecule has 2 saturated carbocycles. The Morgan fingerprint density at radius 1 is 1.05 bits per heavy atom. The van der Waals surface area contributed by atoms with Gasteiger partial charge < -0.3 is 25.0 Å². The van der Waals surface area contributed by atoms with Crippen LogP contribution in [0.3, 0.4) is 0 Å². The summed E-state index contributed by atoms with van der Waals surface area (Å²) in [5.41, 5.74) is 3.25. The van der Waals surface area contributed by atoms with Crippen molar-refractivity contribution < 1.29 is 14.6 Å². The van der Waals surface area contributed by atoms with E-state index in [1.807, 2.05) is 30.3 Å². The highest BCUT2D eigenvalue weighted by atomic mass is 16.5. The maximum atomic E-state index is 13.6. The number of aryl methyl sites for hydroxylation is 1. The lowest BCUT2D eigenvalue weighted by Crippen LogP contribution is -2.58. The van der Waals surface area contributed by atoms with Crippen LogP contribution in [0.2, 0.25) is 0 Å². The van der Waals surface area contributed by atoms with Crippen molar-refractivity contribution >= 4 is 5.91 Å². The van der Waals surface area contributed by atoms with Crippen molar-refractivity contribution in [2.24, 2.45) is 0 Å². The second-order valence-corrected chi connectivity index (χ2v) is 13.2. The van der Waals surface area contributed by atoms with Crippen molar-refractivity contribution in [2.75, 3.05) is 6.54 Å². The number of pyridine rings is 1. The molecule has 3 atom stereocenters. The van der Waals surface area contributed by atoms with E-state index in [-0.39, 0.29) is 28.6 Å². The lowest BCUT2D eigenvalue weighted by molar-refractivity contribution is -0.0563. The minimum atomic E-state index is -0.847. The maximum absolute atomic E-state index is 13.6. The number of fused-ring (bicyclic) bond motifs is 1. The van der Waals surface area contributed by atoms with Crippen LogP contribution < -0.4 is 20.9 Å². The number of hydrogen-bond donors (Lipinski definition) is 3. The topological polar surface area (TPSA) is 92.6 Å². The largest absolute Gasteiger partial charge is 0.487 e. The first kappa shape index (κ1) is 29.6. The number of rotatable bonds is 10. The quantitative estimate of drug-likeness (QED) is 0.296. The van der Waals surface area contributed by atoms with Gasteiger partial charge in [0, 0.05) is 42.4 Å². The Labute approximate surface area is 254 Å². The summed E-state index contributed by atoms with van der Waals surface area (Å²) >= 11 is 0. The number of nitrogens with zero attached hydrogens (tertiary/aromatic N) is 1. The van der Waals surface area contributed by atoms with Gasteiger partial charge in [-0.05, 0) is 75.1 Å². The van der Waals surface area contributed by atoms with Crippen molar-refractivity contribution in [1.29, 1.82) is 0 Å². The van der Waals surface area contributed by atoms with Crippen LogP contribution in [0, 0.1) is 0 Å². The molecule has 3 N–H and O–H groups in total. The molecule has 2 fully saturated rings. The van der Waals surface area contributed by atoms with Crippen LogP contribution in [0.1, 0.15) is 98.3 Å². The molecule has 43 heavy (non-hydrogen) atoms. The van der Waals surface area contributed by atoms with Crippen LogP contribution in [-0.2, 0) is 18.4 Å². The highest BCUT2D eigenvalue weighted by Crippen LogP contribution is 2.51. The second-order valence-electron chi connectivity index (χ2n) is 13.2. The first-order valence-electron chi connectivity index (χ1n) is 16.1. The summed E-state index contributed by atoms with van der Waals surface area (Å²) in [5, 5.41) is 18.5. The summed E-state index contributed by atoms with van der Waals surface area (Å²) in [6, 6.07) is 19.1. The lowest BCUT2D eigenvalue weighted by atomic mass is 9.68. The van der Waals surface area contributed by atoms with Crippen molar-refractivity contribution in [3.63, 3.8) is 0 Å². The van der Waals surface area contributed by atoms with Crippen LogP contribution in [0.4, 0.5) is 0 Å². The third-order valence-electron chi connectivity index (χ3n) is 10.0. The molecule has 6 rings (SSSR count). The number of aliphatic hydroxyl groups excluding tert-OH is 1. The molecule has 0 bridgehead atoms. The van der Waals surface area contributed by atoms with Crippen LogP contribution in [0.15, 0.2) is 71.7 Å². The van der Waals surface area contributed by atoms with Gasteiger partial charge in [-0.25, -0.2) is 0 Å². The summed E-state index contributed by atoms with van der Waals surface area (Å²) in [6.07, 6.45) is 10.5. The number of ether oxygens (including phenoxy) is 1. The summed E-state index contributed by atoms with van der Waals surface area (Å²) in [5.74, 6) is 0.648. The van der Waals surface area contributed by atoms with E-state index in [2.05, 4.69) is 42.7 Å². The van der Waals surface area contributed by atoms with Gasteiger partial charge in [-0.2, -0.15) is 0 Å². The van der Waals surface area contributed by atoms with Crippen molar-refractivity contribution in [3.8, 4) is 5.75 Å². The van der Waals surface area contributed by atoms with Crippen LogP contribution in [-0.4, -0.2) is 39.9 Å². The van der Waals surface area contributed by atoms with Crippen molar-refractivity contribution in [1.82, 2.24) is 15.2 Å². The number of nitrogens with one attached hydrogen (secondary N) is 2. The standard InChI is InChI=1S/C36H45N3O4/c1-3-25-14-16-32-29(20-25)35(2,24-36(43-32)18-9-19-36)37-22-31(40)30(21-26-10-5-4-6-11-26)38-34(42)27-15-17-33(41)39(23-27)28-12-7-8-13-28/h4-6,10-11,14-17,20,23,28,30-31,37,40H,3,7-9,12-13,18-19,21-22,24H2,1-2H3,(H,38,42)/t30-,31+,35?/m0/s1. The molecule has 1 aromatic heterocycles. The molecule has 1 aliphatic heterocycles. The van der Waals surface area contributed by atoms with Gasteiger partial charge in [-0.1, -0.05) is 62.2 Å². The molecular formula is C36H45N3O4. The number of hydrogen-bond acceptors (Lipinski definition) is 5. The van der Waals surface area contributed by atoms with Gasteiger partial charge in [0.05, 0.1) is 17.7 Å². The van der Waals surface area contributed by atoms with Gasteiger partial charge in [-0.3, -0.25) is 9.59 Å². The lowest BCUT2D eigenvalue weighted by Gasteiger charge is -2.52. The first-order valence-corrected chi connectivity index (χ1v) is 16.1. The number of amides is 1. The number of carbonyl (C=O) groups excluding carboxylic acids is 1. The van der Waals surface area contributed by atoms with E-state index >= 15 is 0 Å². The molecule has 1 spiro atoms. The molecule has 1 amide bonds. The van der Waals surface area contributed by atoms with E-state index in [0.717, 1.165) is 68.2 Å². The Balaban J connectivity index is 1.22. The highest BCUT2D eigenvalue weighted by Gasteiger charge is 2.50. The van der Waals surface area contributed by atoms with Gasteiger partial charge in [-0.15, -0.1) is 0 Å². The summed E-state index contributed by atoms with van der Waals surface area (Å²) in [6.45, 7) is 4.68. The molecule has 1 unspecified atom stereocenters. The van der Waals surface area contributed by atoms with Crippen LogP contribution in [0.25, 0.3) is 0 Å². The monoisotopic (exact) mass is 583 g/mol. The SMILES string of the molecule is CCc1ccc2c(c1)C(C)(NC[C@@H](O)[C@H](Cc1ccccc1)NC(=O)c1ccc(=O)n(C3CCCC3)c1)CC1(CCC1)O2. The highest BCUT2D eigenvalue weighted by molar-refractivity contribution is 5.94. The molecule has 2 aromatic carbocycles.